The first-order valence-electron chi connectivity index (χ1n) is 7.07. The number of rotatable bonds is 5. The maximum Gasteiger partial charge on any atom is 0.312 e. The van der Waals surface area contributed by atoms with E-state index in [9.17, 15) is 19.3 Å². The van der Waals surface area contributed by atoms with Gasteiger partial charge in [-0.05, 0) is 26.0 Å². The second-order valence-corrected chi connectivity index (χ2v) is 5.79. The van der Waals surface area contributed by atoms with Gasteiger partial charge in [-0.1, -0.05) is 17.7 Å². The summed E-state index contributed by atoms with van der Waals surface area (Å²) >= 11 is 5.95. The number of likely N-dealkylation sites (N-methyl/N-ethyl adjacent to an activating group) is 1. The number of aromatic nitrogens is 2. The van der Waals surface area contributed by atoms with Gasteiger partial charge in [0.2, 0.25) is 5.91 Å². The van der Waals surface area contributed by atoms with E-state index in [1.165, 1.54) is 42.6 Å². The molecule has 2 rings (SSSR count). The molecule has 1 heterocycles. The Morgan fingerprint density at radius 1 is 1.46 bits per heavy atom. The van der Waals surface area contributed by atoms with Gasteiger partial charge >= 0.3 is 5.69 Å². The number of carbonyl (C=O) groups excluding carboxylic acids is 1. The second-order valence-electron chi connectivity index (χ2n) is 5.38. The monoisotopic (exact) mass is 354 g/mol. The van der Waals surface area contributed by atoms with Gasteiger partial charge in [0, 0.05) is 24.2 Å². The average molecular weight is 355 g/mol. The summed E-state index contributed by atoms with van der Waals surface area (Å²) in [5.41, 5.74) is 0.644. The third kappa shape index (κ3) is 3.53. The molecule has 24 heavy (non-hydrogen) atoms. The van der Waals surface area contributed by atoms with Crippen LogP contribution in [0.25, 0.3) is 0 Å². The van der Waals surface area contributed by atoms with Crippen LogP contribution in [0, 0.1) is 29.8 Å². The summed E-state index contributed by atoms with van der Waals surface area (Å²) in [5.74, 6) is -0.862. The molecule has 2 aromatic rings. The van der Waals surface area contributed by atoms with Crippen LogP contribution in [0.1, 0.15) is 17.0 Å². The number of halogens is 2. The predicted molar refractivity (Wildman–Crippen MR) is 86.2 cm³/mol. The molecule has 0 atom stereocenters. The fraction of sp³-hybridized carbons (Fsp3) is 0.333. The number of nitrogens with zero attached hydrogens (tertiary/aromatic N) is 4. The molecule has 128 valence electrons. The summed E-state index contributed by atoms with van der Waals surface area (Å²) in [6, 6.07) is 4.30. The summed E-state index contributed by atoms with van der Waals surface area (Å²) in [4.78, 5) is 24.1. The Hall–Kier alpha value is -2.48. The van der Waals surface area contributed by atoms with Gasteiger partial charge in [-0.2, -0.15) is 5.10 Å². The van der Waals surface area contributed by atoms with Crippen LogP contribution in [0.2, 0.25) is 5.02 Å². The molecule has 0 aliphatic rings. The van der Waals surface area contributed by atoms with E-state index in [0.29, 0.717) is 5.69 Å². The highest BCUT2D eigenvalue weighted by Crippen LogP contribution is 2.23. The number of amides is 1. The van der Waals surface area contributed by atoms with Crippen molar-refractivity contribution in [1.29, 1.82) is 0 Å². The van der Waals surface area contributed by atoms with Crippen molar-refractivity contribution in [2.75, 3.05) is 7.05 Å². The van der Waals surface area contributed by atoms with Crippen LogP contribution in [0.3, 0.4) is 0 Å². The Bertz CT molecular complexity index is 786. The smallest absolute Gasteiger partial charge is 0.312 e. The zero-order chi connectivity index (χ0) is 18.0. The summed E-state index contributed by atoms with van der Waals surface area (Å²) in [6.07, 6.45) is 0. The lowest BCUT2D eigenvalue weighted by Gasteiger charge is -2.18. The normalized spacial score (nSPS) is 10.7. The van der Waals surface area contributed by atoms with Crippen LogP contribution in [-0.4, -0.2) is 32.6 Å². The third-order valence-corrected chi connectivity index (χ3v) is 4.05. The molecule has 0 saturated carbocycles. The molecule has 1 amide bonds. The molecule has 1 aromatic carbocycles. The standard InChI is InChI=1S/C15H16ClFN4O3/c1-9-15(21(23)24)10(2)20(18-9)8-14(22)19(3)7-11-12(16)5-4-6-13(11)17/h4-6H,7-8H2,1-3H3. The maximum absolute atomic E-state index is 13.8. The van der Waals surface area contributed by atoms with Gasteiger partial charge in [-0.3, -0.25) is 19.6 Å². The van der Waals surface area contributed by atoms with Gasteiger partial charge in [0.15, 0.2) is 0 Å². The van der Waals surface area contributed by atoms with Gasteiger partial charge in [-0.15, -0.1) is 0 Å². The largest absolute Gasteiger partial charge is 0.340 e. The first-order valence-corrected chi connectivity index (χ1v) is 7.45. The molecule has 0 N–H and O–H groups in total. The highest BCUT2D eigenvalue weighted by Gasteiger charge is 2.24. The third-order valence-electron chi connectivity index (χ3n) is 3.69. The van der Waals surface area contributed by atoms with E-state index in [2.05, 4.69) is 5.10 Å². The van der Waals surface area contributed by atoms with Crippen LogP contribution in [0.4, 0.5) is 10.1 Å². The number of carbonyl (C=O) groups is 1. The Kier molecular flexibility index (Phi) is 5.18. The Labute approximate surface area is 142 Å². The minimum Gasteiger partial charge on any atom is -0.340 e. The molecule has 1 aromatic heterocycles. The Morgan fingerprint density at radius 3 is 2.67 bits per heavy atom. The molecule has 9 heteroatoms. The van der Waals surface area contributed by atoms with Crippen LogP contribution >= 0.6 is 11.6 Å². The molecule has 0 unspecified atom stereocenters. The second kappa shape index (κ2) is 6.96. The molecule has 0 fully saturated rings. The van der Waals surface area contributed by atoms with Crippen molar-refractivity contribution in [3.05, 3.63) is 56.1 Å². The molecule has 0 aliphatic heterocycles. The van der Waals surface area contributed by atoms with Crippen LogP contribution in [-0.2, 0) is 17.9 Å². The fourth-order valence-corrected chi connectivity index (χ4v) is 2.59. The zero-order valence-electron chi connectivity index (χ0n) is 13.4. The average Bonchev–Trinajstić information content (AvgIpc) is 2.77. The van der Waals surface area contributed by atoms with E-state index in [1.807, 2.05) is 0 Å². The van der Waals surface area contributed by atoms with Gasteiger partial charge in [0.25, 0.3) is 0 Å². The van der Waals surface area contributed by atoms with Gasteiger partial charge in [-0.25, -0.2) is 4.39 Å². The van der Waals surface area contributed by atoms with Crippen molar-refractivity contribution in [2.45, 2.75) is 26.9 Å². The lowest BCUT2D eigenvalue weighted by Crippen LogP contribution is -2.31. The summed E-state index contributed by atoms with van der Waals surface area (Å²) in [7, 11) is 1.51. The summed E-state index contributed by atoms with van der Waals surface area (Å²) in [5, 5.41) is 15.2. The molecule has 0 saturated heterocycles. The quantitative estimate of drug-likeness (QED) is 0.610. The van der Waals surface area contributed by atoms with E-state index in [4.69, 9.17) is 11.6 Å². The van der Waals surface area contributed by atoms with Crippen LogP contribution < -0.4 is 0 Å². The lowest BCUT2D eigenvalue weighted by molar-refractivity contribution is -0.386. The van der Waals surface area contributed by atoms with Gasteiger partial charge in [0.1, 0.15) is 23.7 Å². The van der Waals surface area contributed by atoms with Crippen molar-refractivity contribution in [2.24, 2.45) is 0 Å². The van der Waals surface area contributed by atoms with Crippen molar-refractivity contribution in [1.82, 2.24) is 14.7 Å². The van der Waals surface area contributed by atoms with E-state index in [0.717, 1.165) is 0 Å². The van der Waals surface area contributed by atoms with E-state index in [-0.39, 0.29) is 41.0 Å². The molecular weight excluding hydrogens is 339 g/mol. The number of benzene rings is 1. The van der Waals surface area contributed by atoms with Crippen molar-refractivity contribution >= 4 is 23.2 Å². The minimum atomic E-state index is -0.526. The van der Waals surface area contributed by atoms with Crippen LogP contribution in [0.5, 0.6) is 0 Å². The van der Waals surface area contributed by atoms with Gasteiger partial charge < -0.3 is 4.90 Å². The molecule has 0 radical (unpaired) electrons. The highest BCUT2D eigenvalue weighted by molar-refractivity contribution is 6.31. The zero-order valence-corrected chi connectivity index (χ0v) is 14.2. The highest BCUT2D eigenvalue weighted by atomic mass is 35.5. The van der Waals surface area contributed by atoms with Crippen LogP contribution in [0.15, 0.2) is 18.2 Å². The fourth-order valence-electron chi connectivity index (χ4n) is 2.36. The molecule has 0 aliphatic carbocycles. The first kappa shape index (κ1) is 17.9. The number of hydrogen-bond donors (Lipinski definition) is 0. The number of hydrogen-bond acceptors (Lipinski definition) is 4. The number of nitro groups is 1. The van der Waals surface area contributed by atoms with Crippen molar-refractivity contribution < 1.29 is 14.1 Å². The van der Waals surface area contributed by atoms with Gasteiger partial charge in [0.05, 0.1) is 4.92 Å². The summed E-state index contributed by atoms with van der Waals surface area (Å²) in [6.45, 7) is 2.85. The Balaban J connectivity index is 2.15. The summed E-state index contributed by atoms with van der Waals surface area (Å²) < 4.78 is 15.1. The first-order chi connectivity index (χ1) is 11.2. The molecule has 7 nitrogen and oxygen atoms in total. The molecular formula is C15H16ClFN4O3. The molecule has 0 spiro atoms. The van der Waals surface area contributed by atoms with E-state index < -0.39 is 10.7 Å². The minimum absolute atomic E-state index is 0.00820. The lowest BCUT2D eigenvalue weighted by atomic mass is 10.2. The Morgan fingerprint density at radius 2 is 2.12 bits per heavy atom. The number of aryl methyl sites for hydroxylation is 1. The predicted octanol–water partition coefficient (Wildman–Crippen LogP) is 2.86. The topological polar surface area (TPSA) is 81.3 Å². The SMILES string of the molecule is Cc1nn(CC(=O)N(C)Cc2c(F)cccc2Cl)c(C)c1[N+](=O)[O-]. The van der Waals surface area contributed by atoms with E-state index in [1.54, 1.807) is 6.07 Å². The maximum atomic E-state index is 13.8. The van der Waals surface area contributed by atoms with Crippen molar-refractivity contribution in [3.8, 4) is 0 Å². The molecule has 0 bridgehead atoms. The van der Waals surface area contributed by atoms with E-state index >= 15 is 0 Å². The van der Waals surface area contributed by atoms with Crippen molar-refractivity contribution in [3.63, 3.8) is 0 Å².